The molecule has 2 atom stereocenters. The van der Waals surface area contributed by atoms with Crippen LogP contribution in [-0.4, -0.2) is 30.6 Å². The highest BCUT2D eigenvalue weighted by Gasteiger charge is 2.23. The van der Waals surface area contributed by atoms with Crippen molar-refractivity contribution in [1.29, 1.82) is 0 Å². The largest absolute Gasteiger partial charge is 0.382 e. The standard InChI is InChI=1S/C17H28N2/c1-5-19-10-6-7-16(12-19)15(4)18-17-9-8-13(2)11-14(17)3/h8-9,11,15-16,18H,5-7,10,12H2,1-4H3. The van der Waals surface area contributed by atoms with E-state index in [0.29, 0.717) is 6.04 Å². The van der Waals surface area contributed by atoms with Gasteiger partial charge in [0.2, 0.25) is 0 Å². The number of hydrogen-bond donors (Lipinski definition) is 1. The Morgan fingerprint density at radius 1 is 1.37 bits per heavy atom. The van der Waals surface area contributed by atoms with Gasteiger partial charge in [0.1, 0.15) is 0 Å². The molecule has 1 aromatic carbocycles. The van der Waals surface area contributed by atoms with Gasteiger partial charge in [0.25, 0.3) is 0 Å². The van der Waals surface area contributed by atoms with E-state index in [-0.39, 0.29) is 0 Å². The molecule has 2 unspecified atom stereocenters. The van der Waals surface area contributed by atoms with Gasteiger partial charge in [0.15, 0.2) is 0 Å². The van der Waals surface area contributed by atoms with Crippen molar-refractivity contribution < 1.29 is 0 Å². The van der Waals surface area contributed by atoms with Crippen molar-refractivity contribution in [2.75, 3.05) is 25.0 Å². The van der Waals surface area contributed by atoms with Crippen LogP contribution in [0.5, 0.6) is 0 Å². The van der Waals surface area contributed by atoms with E-state index in [0.717, 1.165) is 5.92 Å². The molecule has 1 aliphatic rings. The van der Waals surface area contributed by atoms with Crippen molar-refractivity contribution in [1.82, 2.24) is 4.90 Å². The smallest absolute Gasteiger partial charge is 0.0372 e. The van der Waals surface area contributed by atoms with Gasteiger partial charge in [0, 0.05) is 18.3 Å². The zero-order valence-corrected chi connectivity index (χ0v) is 12.9. The minimum Gasteiger partial charge on any atom is -0.382 e. The fourth-order valence-corrected chi connectivity index (χ4v) is 3.13. The molecule has 2 heteroatoms. The molecule has 106 valence electrons. The molecule has 19 heavy (non-hydrogen) atoms. The van der Waals surface area contributed by atoms with E-state index in [2.05, 4.69) is 56.1 Å². The van der Waals surface area contributed by atoms with Crippen LogP contribution in [0, 0.1) is 19.8 Å². The van der Waals surface area contributed by atoms with Crippen LogP contribution in [0.25, 0.3) is 0 Å². The van der Waals surface area contributed by atoms with Crippen LogP contribution < -0.4 is 5.32 Å². The van der Waals surface area contributed by atoms with Crippen molar-refractivity contribution in [3.8, 4) is 0 Å². The molecule has 0 radical (unpaired) electrons. The minimum atomic E-state index is 0.552. The zero-order chi connectivity index (χ0) is 13.8. The molecule has 1 heterocycles. The van der Waals surface area contributed by atoms with Gasteiger partial charge >= 0.3 is 0 Å². The lowest BCUT2D eigenvalue weighted by atomic mass is 9.91. The van der Waals surface area contributed by atoms with Crippen molar-refractivity contribution in [3.05, 3.63) is 29.3 Å². The van der Waals surface area contributed by atoms with Gasteiger partial charge in [-0.3, -0.25) is 0 Å². The molecule has 1 aromatic rings. The lowest BCUT2D eigenvalue weighted by Crippen LogP contribution is -2.41. The van der Waals surface area contributed by atoms with E-state index in [1.165, 1.54) is 49.3 Å². The highest BCUT2D eigenvalue weighted by atomic mass is 15.1. The van der Waals surface area contributed by atoms with Crippen LogP contribution in [0.2, 0.25) is 0 Å². The summed E-state index contributed by atoms with van der Waals surface area (Å²) in [6, 6.07) is 7.23. The van der Waals surface area contributed by atoms with Gasteiger partial charge in [-0.25, -0.2) is 0 Å². The Morgan fingerprint density at radius 3 is 2.84 bits per heavy atom. The number of benzene rings is 1. The predicted octanol–water partition coefficient (Wildman–Crippen LogP) is 3.84. The Morgan fingerprint density at radius 2 is 2.16 bits per heavy atom. The third-order valence-corrected chi connectivity index (χ3v) is 4.46. The number of hydrogen-bond acceptors (Lipinski definition) is 2. The first-order chi connectivity index (χ1) is 9.10. The van der Waals surface area contributed by atoms with Crippen LogP contribution in [0.3, 0.4) is 0 Å². The molecule has 0 saturated carbocycles. The van der Waals surface area contributed by atoms with Crippen LogP contribution in [0.1, 0.15) is 37.8 Å². The van der Waals surface area contributed by atoms with E-state index in [1.54, 1.807) is 0 Å². The molecule has 0 aromatic heterocycles. The summed E-state index contributed by atoms with van der Waals surface area (Å²) in [5, 5.41) is 3.73. The molecule has 0 spiro atoms. The Kier molecular flexibility index (Phi) is 4.87. The van der Waals surface area contributed by atoms with Gasteiger partial charge in [0.05, 0.1) is 0 Å². The summed E-state index contributed by atoms with van der Waals surface area (Å²) in [6.07, 6.45) is 2.70. The Hall–Kier alpha value is -1.02. The molecular formula is C17H28N2. The number of rotatable bonds is 4. The van der Waals surface area contributed by atoms with Crippen molar-refractivity contribution in [2.24, 2.45) is 5.92 Å². The molecule has 0 aliphatic carbocycles. The second kappa shape index (κ2) is 6.42. The maximum atomic E-state index is 3.73. The lowest BCUT2D eigenvalue weighted by molar-refractivity contribution is 0.172. The molecule has 0 bridgehead atoms. The number of anilines is 1. The fourth-order valence-electron chi connectivity index (χ4n) is 3.13. The number of nitrogens with one attached hydrogen (secondary N) is 1. The van der Waals surface area contributed by atoms with Crippen LogP contribution in [-0.2, 0) is 0 Å². The van der Waals surface area contributed by atoms with E-state index in [1.807, 2.05) is 0 Å². The predicted molar refractivity (Wildman–Crippen MR) is 83.8 cm³/mol. The topological polar surface area (TPSA) is 15.3 Å². The molecule has 2 rings (SSSR count). The lowest BCUT2D eigenvalue weighted by Gasteiger charge is -2.36. The Labute approximate surface area is 118 Å². The third-order valence-electron chi connectivity index (χ3n) is 4.46. The summed E-state index contributed by atoms with van der Waals surface area (Å²) >= 11 is 0. The van der Waals surface area contributed by atoms with Crippen LogP contribution in [0.4, 0.5) is 5.69 Å². The number of nitrogens with zero attached hydrogens (tertiary/aromatic N) is 1. The average molecular weight is 260 g/mol. The maximum absolute atomic E-state index is 3.73. The molecule has 2 nitrogen and oxygen atoms in total. The quantitative estimate of drug-likeness (QED) is 0.885. The summed E-state index contributed by atoms with van der Waals surface area (Å²) in [5.74, 6) is 0.773. The van der Waals surface area contributed by atoms with Crippen LogP contribution in [0.15, 0.2) is 18.2 Å². The van der Waals surface area contributed by atoms with E-state index < -0.39 is 0 Å². The van der Waals surface area contributed by atoms with E-state index >= 15 is 0 Å². The molecule has 1 aliphatic heterocycles. The SMILES string of the molecule is CCN1CCCC(C(C)Nc2ccc(C)cc2C)C1. The van der Waals surface area contributed by atoms with Gasteiger partial charge in [-0.2, -0.15) is 0 Å². The van der Waals surface area contributed by atoms with Gasteiger partial charge in [-0.05, 0) is 64.3 Å². The summed E-state index contributed by atoms with van der Waals surface area (Å²) in [6.45, 7) is 12.7. The van der Waals surface area contributed by atoms with Gasteiger partial charge < -0.3 is 10.2 Å². The summed E-state index contributed by atoms with van der Waals surface area (Å²) in [4.78, 5) is 2.58. The van der Waals surface area contributed by atoms with Crippen molar-refractivity contribution in [3.63, 3.8) is 0 Å². The maximum Gasteiger partial charge on any atom is 0.0372 e. The van der Waals surface area contributed by atoms with E-state index in [9.17, 15) is 0 Å². The molecule has 0 amide bonds. The molecule has 1 N–H and O–H groups in total. The number of likely N-dealkylation sites (tertiary alicyclic amines) is 1. The summed E-state index contributed by atoms with van der Waals surface area (Å²) in [7, 11) is 0. The summed E-state index contributed by atoms with van der Waals surface area (Å²) < 4.78 is 0. The molecule has 1 saturated heterocycles. The van der Waals surface area contributed by atoms with Crippen molar-refractivity contribution >= 4 is 5.69 Å². The highest BCUT2D eigenvalue weighted by molar-refractivity contribution is 5.52. The normalized spacial score (nSPS) is 22.2. The first kappa shape index (κ1) is 14.4. The minimum absolute atomic E-state index is 0.552. The second-order valence-electron chi connectivity index (χ2n) is 6.05. The highest BCUT2D eigenvalue weighted by Crippen LogP contribution is 2.24. The number of piperidine rings is 1. The second-order valence-corrected chi connectivity index (χ2v) is 6.05. The van der Waals surface area contributed by atoms with E-state index in [4.69, 9.17) is 0 Å². The zero-order valence-electron chi connectivity index (χ0n) is 12.9. The summed E-state index contributed by atoms with van der Waals surface area (Å²) in [5.41, 5.74) is 3.99. The van der Waals surface area contributed by atoms with Gasteiger partial charge in [-0.15, -0.1) is 0 Å². The monoisotopic (exact) mass is 260 g/mol. The van der Waals surface area contributed by atoms with Crippen molar-refractivity contribution in [2.45, 2.75) is 46.6 Å². The Balaban J connectivity index is 1.98. The van der Waals surface area contributed by atoms with Gasteiger partial charge in [-0.1, -0.05) is 24.6 Å². The average Bonchev–Trinajstić information content (AvgIpc) is 2.42. The third kappa shape index (κ3) is 3.73. The fraction of sp³-hybridized carbons (Fsp3) is 0.647. The molecular weight excluding hydrogens is 232 g/mol. The Bertz CT molecular complexity index is 414. The van der Waals surface area contributed by atoms with Crippen LogP contribution >= 0.6 is 0 Å². The first-order valence-electron chi connectivity index (χ1n) is 7.66. The molecule has 1 fully saturated rings. The number of aryl methyl sites for hydroxylation is 2. The first-order valence-corrected chi connectivity index (χ1v) is 7.66.